The van der Waals surface area contributed by atoms with Gasteiger partial charge in [-0.1, -0.05) is 30.3 Å². The Morgan fingerprint density at radius 1 is 1.11 bits per heavy atom. The third kappa shape index (κ3) is 4.87. The summed E-state index contributed by atoms with van der Waals surface area (Å²) in [4.78, 5) is 20.1. The molecule has 0 aliphatic rings. The Bertz CT molecular complexity index is 876. The molecule has 0 saturated carbocycles. The van der Waals surface area contributed by atoms with E-state index in [1.807, 2.05) is 55.5 Å². The van der Waals surface area contributed by atoms with Crippen LogP contribution in [0.25, 0.3) is 10.9 Å². The van der Waals surface area contributed by atoms with Gasteiger partial charge in [-0.3, -0.25) is 4.79 Å². The molecule has 27 heavy (non-hydrogen) atoms. The Morgan fingerprint density at radius 2 is 1.93 bits per heavy atom. The van der Waals surface area contributed by atoms with Crippen molar-refractivity contribution in [1.82, 2.24) is 4.98 Å². The highest BCUT2D eigenvalue weighted by Crippen LogP contribution is 2.31. The SMILES string of the molecule is CCOC(=O)CC(c1ccccc1)c1cc2cc(OCCON)ccc2[nH]1. The predicted octanol–water partition coefficient (Wildman–Crippen LogP) is 3.52. The van der Waals surface area contributed by atoms with Gasteiger partial charge in [0.25, 0.3) is 0 Å². The van der Waals surface area contributed by atoms with Gasteiger partial charge in [-0.15, -0.1) is 0 Å². The number of aromatic amines is 1. The number of nitrogens with two attached hydrogens (primary N) is 1. The molecule has 0 bridgehead atoms. The molecule has 6 nitrogen and oxygen atoms in total. The van der Waals surface area contributed by atoms with E-state index in [4.69, 9.17) is 15.4 Å². The largest absolute Gasteiger partial charge is 0.491 e. The quantitative estimate of drug-likeness (QED) is 0.343. The molecule has 1 atom stereocenters. The summed E-state index contributed by atoms with van der Waals surface area (Å²) in [6.07, 6.45) is 0.280. The van der Waals surface area contributed by atoms with Crippen LogP contribution in [0.4, 0.5) is 0 Å². The Morgan fingerprint density at radius 3 is 2.67 bits per heavy atom. The number of nitrogens with one attached hydrogen (secondary N) is 1. The number of rotatable bonds is 9. The molecule has 1 unspecified atom stereocenters. The van der Waals surface area contributed by atoms with E-state index < -0.39 is 0 Å². The zero-order valence-electron chi connectivity index (χ0n) is 15.3. The van der Waals surface area contributed by atoms with E-state index in [2.05, 4.69) is 15.9 Å². The van der Waals surface area contributed by atoms with Crippen molar-refractivity contribution >= 4 is 16.9 Å². The lowest BCUT2D eigenvalue weighted by Gasteiger charge is -2.15. The molecular formula is C21H24N2O4. The summed E-state index contributed by atoms with van der Waals surface area (Å²) in [6.45, 7) is 2.90. The number of carbonyl (C=O) groups is 1. The zero-order chi connectivity index (χ0) is 19.1. The van der Waals surface area contributed by atoms with Gasteiger partial charge in [0, 0.05) is 22.5 Å². The fourth-order valence-corrected chi connectivity index (χ4v) is 3.10. The van der Waals surface area contributed by atoms with Gasteiger partial charge in [0.1, 0.15) is 19.0 Å². The van der Waals surface area contributed by atoms with E-state index in [1.165, 1.54) is 0 Å². The molecule has 0 aliphatic carbocycles. The molecule has 0 radical (unpaired) electrons. The summed E-state index contributed by atoms with van der Waals surface area (Å²) in [5, 5.41) is 1.01. The van der Waals surface area contributed by atoms with Gasteiger partial charge in [-0.25, -0.2) is 5.90 Å². The maximum absolute atomic E-state index is 12.1. The zero-order valence-corrected chi connectivity index (χ0v) is 15.3. The van der Waals surface area contributed by atoms with Crippen molar-refractivity contribution in [1.29, 1.82) is 0 Å². The average Bonchev–Trinajstić information content (AvgIpc) is 3.10. The molecule has 0 amide bonds. The van der Waals surface area contributed by atoms with Crippen LogP contribution in [0.3, 0.4) is 0 Å². The lowest BCUT2D eigenvalue weighted by atomic mass is 9.92. The van der Waals surface area contributed by atoms with E-state index in [0.717, 1.165) is 27.9 Å². The Kier molecular flexibility index (Phi) is 6.46. The molecule has 0 saturated heterocycles. The Balaban J connectivity index is 1.89. The highest BCUT2D eigenvalue weighted by atomic mass is 16.6. The molecule has 0 fully saturated rings. The van der Waals surface area contributed by atoms with Gasteiger partial charge in [-0.2, -0.15) is 0 Å². The first-order valence-corrected chi connectivity index (χ1v) is 8.99. The highest BCUT2D eigenvalue weighted by molar-refractivity contribution is 5.82. The van der Waals surface area contributed by atoms with Crippen LogP contribution >= 0.6 is 0 Å². The molecule has 0 spiro atoms. The molecule has 142 valence electrons. The minimum Gasteiger partial charge on any atom is -0.491 e. The second kappa shape index (κ2) is 9.21. The minimum absolute atomic E-state index is 0.104. The number of esters is 1. The average molecular weight is 368 g/mol. The standard InChI is InChI=1S/C21H24N2O4/c1-2-25-21(24)14-18(15-6-4-3-5-7-15)20-13-16-12-17(26-10-11-27-22)8-9-19(16)23-20/h3-9,12-13,18,23H,2,10-11,14,22H2,1H3. The van der Waals surface area contributed by atoms with Gasteiger partial charge in [0.05, 0.1) is 13.0 Å². The van der Waals surface area contributed by atoms with Crippen LogP contribution in [0.15, 0.2) is 54.6 Å². The number of hydrogen-bond acceptors (Lipinski definition) is 5. The molecule has 6 heteroatoms. The molecule has 0 aliphatic heterocycles. The van der Waals surface area contributed by atoms with E-state index >= 15 is 0 Å². The number of ether oxygens (including phenoxy) is 2. The fourth-order valence-electron chi connectivity index (χ4n) is 3.10. The van der Waals surface area contributed by atoms with Gasteiger partial charge >= 0.3 is 5.97 Å². The number of aromatic nitrogens is 1. The van der Waals surface area contributed by atoms with Crippen LogP contribution in [-0.4, -0.2) is 30.8 Å². The van der Waals surface area contributed by atoms with Crippen molar-refractivity contribution in [3.63, 3.8) is 0 Å². The summed E-state index contributed by atoms with van der Waals surface area (Å²) >= 11 is 0. The maximum atomic E-state index is 12.1. The highest BCUT2D eigenvalue weighted by Gasteiger charge is 2.21. The van der Waals surface area contributed by atoms with Crippen LogP contribution < -0.4 is 10.6 Å². The van der Waals surface area contributed by atoms with E-state index in [-0.39, 0.29) is 18.3 Å². The van der Waals surface area contributed by atoms with Crippen LogP contribution in [0.5, 0.6) is 5.75 Å². The predicted molar refractivity (Wildman–Crippen MR) is 103 cm³/mol. The van der Waals surface area contributed by atoms with Crippen molar-refractivity contribution in [2.24, 2.45) is 5.90 Å². The van der Waals surface area contributed by atoms with Gasteiger partial charge in [0.2, 0.25) is 0 Å². The van der Waals surface area contributed by atoms with Gasteiger partial charge in [-0.05, 0) is 36.8 Å². The molecule has 2 aromatic carbocycles. The fraction of sp³-hybridized carbons (Fsp3) is 0.286. The maximum Gasteiger partial charge on any atom is 0.306 e. The Hall–Kier alpha value is -2.83. The van der Waals surface area contributed by atoms with E-state index in [1.54, 1.807) is 0 Å². The van der Waals surface area contributed by atoms with Crippen LogP contribution in [-0.2, 0) is 14.4 Å². The van der Waals surface area contributed by atoms with E-state index in [0.29, 0.717) is 19.8 Å². The lowest BCUT2D eigenvalue weighted by molar-refractivity contribution is -0.143. The van der Waals surface area contributed by atoms with Crippen molar-refractivity contribution in [2.45, 2.75) is 19.3 Å². The molecule has 3 aromatic rings. The molecule has 3 N–H and O–H groups in total. The summed E-state index contributed by atoms with van der Waals surface area (Å²) in [6, 6.07) is 17.8. The molecule has 1 heterocycles. The minimum atomic E-state index is -0.212. The summed E-state index contributed by atoms with van der Waals surface area (Å²) in [7, 11) is 0. The topological polar surface area (TPSA) is 86.6 Å². The van der Waals surface area contributed by atoms with E-state index in [9.17, 15) is 4.79 Å². The van der Waals surface area contributed by atoms with Crippen molar-refractivity contribution < 1.29 is 19.1 Å². The normalized spacial score (nSPS) is 12.1. The molecular weight excluding hydrogens is 344 g/mol. The summed E-state index contributed by atoms with van der Waals surface area (Å²) < 4.78 is 10.8. The van der Waals surface area contributed by atoms with Gasteiger partial charge in [0.15, 0.2) is 0 Å². The molecule has 1 aromatic heterocycles. The first-order valence-electron chi connectivity index (χ1n) is 8.99. The number of carbonyl (C=O) groups excluding carboxylic acids is 1. The second-order valence-corrected chi connectivity index (χ2v) is 6.17. The van der Waals surface area contributed by atoms with Crippen LogP contribution in [0, 0.1) is 0 Å². The van der Waals surface area contributed by atoms with Crippen molar-refractivity contribution in [2.75, 3.05) is 19.8 Å². The van der Waals surface area contributed by atoms with Crippen LogP contribution in [0.2, 0.25) is 0 Å². The number of H-pyrrole nitrogens is 1. The summed E-state index contributed by atoms with van der Waals surface area (Å²) in [5.41, 5.74) is 3.01. The number of benzene rings is 2. The second-order valence-electron chi connectivity index (χ2n) is 6.17. The first kappa shape index (κ1) is 18.9. The lowest BCUT2D eigenvalue weighted by Crippen LogP contribution is -2.12. The monoisotopic (exact) mass is 368 g/mol. The Labute approximate surface area is 158 Å². The van der Waals surface area contributed by atoms with Crippen LogP contribution in [0.1, 0.15) is 30.5 Å². The third-order valence-corrected chi connectivity index (χ3v) is 4.34. The number of fused-ring (bicyclic) bond motifs is 1. The number of hydrogen-bond donors (Lipinski definition) is 2. The first-order chi connectivity index (χ1) is 13.2. The van der Waals surface area contributed by atoms with Crippen molar-refractivity contribution in [3.05, 3.63) is 65.9 Å². The third-order valence-electron chi connectivity index (χ3n) is 4.34. The summed E-state index contributed by atoms with van der Waals surface area (Å²) in [5.74, 6) is 5.44. The van der Waals surface area contributed by atoms with Gasteiger partial charge < -0.3 is 19.3 Å². The van der Waals surface area contributed by atoms with Crippen molar-refractivity contribution in [3.8, 4) is 5.75 Å². The smallest absolute Gasteiger partial charge is 0.306 e. The molecule has 3 rings (SSSR count).